The highest BCUT2D eigenvalue weighted by Gasteiger charge is 1.90. The van der Waals surface area contributed by atoms with Gasteiger partial charge >= 0.3 is 0 Å². The summed E-state index contributed by atoms with van der Waals surface area (Å²) in [5.74, 6) is 0. The first-order chi connectivity index (χ1) is 4.93. The second kappa shape index (κ2) is 3.92. The molecule has 0 aliphatic heterocycles. The highest BCUT2D eigenvalue weighted by Crippen LogP contribution is 2.06. The van der Waals surface area contributed by atoms with Crippen molar-refractivity contribution in [1.29, 1.82) is 0 Å². The fraction of sp³-hybridized carbons (Fsp3) is 0.333. The first-order valence-electron chi connectivity index (χ1n) is 3.41. The second-order valence-corrected chi connectivity index (χ2v) is 2.15. The molecule has 0 aromatic heterocycles. The van der Waals surface area contributed by atoms with Gasteiger partial charge in [-0.2, -0.15) is 0 Å². The van der Waals surface area contributed by atoms with Crippen LogP contribution in [0.3, 0.4) is 0 Å². The second-order valence-electron chi connectivity index (χ2n) is 2.15. The maximum absolute atomic E-state index is 8.50. The van der Waals surface area contributed by atoms with Gasteiger partial charge in [-0.05, 0) is 25.0 Å². The van der Waals surface area contributed by atoms with Crippen molar-refractivity contribution in [3.63, 3.8) is 0 Å². The van der Waals surface area contributed by atoms with Gasteiger partial charge in [0.05, 0.1) is 0 Å². The molecule has 0 saturated carbocycles. The van der Waals surface area contributed by atoms with Crippen molar-refractivity contribution in [2.75, 3.05) is 6.61 Å². The minimum atomic E-state index is 0.253. The Labute approximate surface area is 60.7 Å². The van der Waals surface area contributed by atoms with Gasteiger partial charge in [-0.1, -0.05) is 17.5 Å². The van der Waals surface area contributed by atoms with E-state index in [1.807, 2.05) is 18.2 Å². The third-order valence-corrected chi connectivity index (χ3v) is 1.31. The smallest absolute Gasteiger partial charge is 0.0434 e. The summed E-state index contributed by atoms with van der Waals surface area (Å²) in [5, 5.41) is 8.50. The van der Waals surface area contributed by atoms with Gasteiger partial charge in [-0.25, -0.2) is 0 Å². The van der Waals surface area contributed by atoms with Gasteiger partial charge in [-0.15, -0.1) is 0 Å². The van der Waals surface area contributed by atoms with E-state index in [0.29, 0.717) is 0 Å². The largest absolute Gasteiger partial charge is 0.396 e. The van der Waals surface area contributed by atoms with Crippen LogP contribution in [-0.2, 0) is 0 Å². The zero-order chi connectivity index (χ0) is 7.23. The standard InChI is InChI=1S/C9H10O/c10-8-4-7-9-5-2-1-3-6-9/h1-2,5,10H,4,7-8H2. The molecule has 1 nitrogen and oxygen atoms in total. The molecular formula is C9H10O. The lowest BCUT2D eigenvalue weighted by Gasteiger charge is -1.95. The Balaban J connectivity index is 2.49. The molecular weight excluding hydrogens is 124 g/mol. The summed E-state index contributed by atoms with van der Waals surface area (Å²) in [4.78, 5) is 0. The Morgan fingerprint density at radius 2 is 2.40 bits per heavy atom. The summed E-state index contributed by atoms with van der Waals surface area (Å²) in [5.41, 5.74) is 6.95. The molecule has 0 spiro atoms. The van der Waals surface area contributed by atoms with Crippen LogP contribution in [0.2, 0.25) is 0 Å². The average Bonchev–Trinajstić information content (AvgIpc) is 2.03. The summed E-state index contributed by atoms with van der Waals surface area (Å²) >= 11 is 0. The molecule has 1 rings (SSSR count). The molecule has 52 valence electrons. The quantitative estimate of drug-likeness (QED) is 0.581. The van der Waals surface area contributed by atoms with E-state index in [2.05, 4.69) is 11.5 Å². The Kier molecular flexibility index (Phi) is 2.79. The van der Waals surface area contributed by atoms with Gasteiger partial charge in [-0.3, -0.25) is 0 Å². The number of aliphatic hydroxyl groups is 1. The van der Waals surface area contributed by atoms with E-state index in [1.165, 1.54) is 0 Å². The lowest BCUT2D eigenvalue weighted by molar-refractivity contribution is 0.289. The molecule has 0 aromatic carbocycles. The summed E-state index contributed by atoms with van der Waals surface area (Å²) in [6.45, 7) is 0.253. The van der Waals surface area contributed by atoms with Crippen LogP contribution >= 0.6 is 0 Å². The summed E-state index contributed by atoms with van der Waals surface area (Å²) in [6, 6.07) is 0. The lowest BCUT2D eigenvalue weighted by atomic mass is 10.1. The molecule has 0 atom stereocenters. The molecule has 1 N–H and O–H groups in total. The fourth-order valence-electron chi connectivity index (χ4n) is 0.804. The minimum absolute atomic E-state index is 0.253. The van der Waals surface area contributed by atoms with Crippen LogP contribution in [0.1, 0.15) is 12.8 Å². The van der Waals surface area contributed by atoms with Crippen molar-refractivity contribution in [3.05, 3.63) is 35.3 Å². The van der Waals surface area contributed by atoms with Crippen molar-refractivity contribution in [2.24, 2.45) is 0 Å². The molecule has 0 radical (unpaired) electrons. The SMILES string of the molecule is OCCCC1=C=C=CC=C1. The van der Waals surface area contributed by atoms with Gasteiger partial charge < -0.3 is 5.11 Å². The van der Waals surface area contributed by atoms with Crippen molar-refractivity contribution in [1.82, 2.24) is 0 Å². The van der Waals surface area contributed by atoms with Crippen LogP contribution in [0.25, 0.3) is 0 Å². The van der Waals surface area contributed by atoms with E-state index in [-0.39, 0.29) is 6.61 Å². The molecule has 10 heavy (non-hydrogen) atoms. The average molecular weight is 134 g/mol. The number of hydrogen-bond acceptors (Lipinski definition) is 1. The molecule has 0 fully saturated rings. The van der Waals surface area contributed by atoms with E-state index < -0.39 is 0 Å². The molecule has 0 aromatic rings. The van der Waals surface area contributed by atoms with E-state index in [1.54, 1.807) is 0 Å². The van der Waals surface area contributed by atoms with Gasteiger partial charge in [0.15, 0.2) is 0 Å². The number of rotatable bonds is 3. The Bertz CT molecular complexity index is 223. The third kappa shape index (κ3) is 2.08. The monoisotopic (exact) mass is 134 g/mol. The predicted molar refractivity (Wildman–Crippen MR) is 40.6 cm³/mol. The van der Waals surface area contributed by atoms with Gasteiger partial charge in [0, 0.05) is 12.2 Å². The molecule has 0 unspecified atom stereocenters. The van der Waals surface area contributed by atoms with Crippen LogP contribution in [-0.4, -0.2) is 11.7 Å². The van der Waals surface area contributed by atoms with Gasteiger partial charge in [0.1, 0.15) is 0 Å². The summed E-state index contributed by atoms with van der Waals surface area (Å²) < 4.78 is 0. The summed E-state index contributed by atoms with van der Waals surface area (Å²) in [7, 11) is 0. The normalized spacial score (nSPS) is 13.9. The van der Waals surface area contributed by atoms with Crippen LogP contribution < -0.4 is 0 Å². The highest BCUT2D eigenvalue weighted by atomic mass is 16.2. The zero-order valence-electron chi connectivity index (χ0n) is 5.80. The van der Waals surface area contributed by atoms with Crippen LogP contribution in [0.15, 0.2) is 35.3 Å². The predicted octanol–water partition coefficient (Wildman–Crippen LogP) is 1.57. The van der Waals surface area contributed by atoms with E-state index in [9.17, 15) is 0 Å². The minimum Gasteiger partial charge on any atom is -0.396 e. The number of aliphatic hydroxyl groups excluding tert-OH is 1. The van der Waals surface area contributed by atoms with Gasteiger partial charge in [0.25, 0.3) is 0 Å². The van der Waals surface area contributed by atoms with Gasteiger partial charge in [0.2, 0.25) is 0 Å². The number of allylic oxidation sites excluding steroid dienone is 4. The van der Waals surface area contributed by atoms with E-state index >= 15 is 0 Å². The zero-order valence-corrected chi connectivity index (χ0v) is 5.80. The molecule has 1 aliphatic rings. The van der Waals surface area contributed by atoms with Crippen LogP contribution in [0.4, 0.5) is 0 Å². The maximum atomic E-state index is 8.50. The topological polar surface area (TPSA) is 20.2 Å². The summed E-state index contributed by atoms with van der Waals surface area (Å²) in [6.07, 6.45) is 7.46. The van der Waals surface area contributed by atoms with Crippen LogP contribution in [0, 0.1) is 0 Å². The van der Waals surface area contributed by atoms with Crippen molar-refractivity contribution >= 4 is 0 Å². The number of hydrogen-bond donors (Lipinski definition) is 1. The molecule has 1 aliphatic carbocycles. The first-order valence-corrected chi connectivity index (χ1v) is 3.41. The van der Waals surface area contributed by atoms with Crippen LogP contribution in [0.5, 0.6) is 0 Å². The first kappa shape index (κ1) is 7.11. The lowest BCUT2D eigenvalue weighted by Crippen LogP contribution is -1.84. The Morgan fingerprint density at radius 1 is 1.50 bits per heavy atom. The maximum Gasteiger partial charge on any atom is 0.0434 e. The third-order valence-electron chi connectivity index (χ3n) is 1.31. The van der Waals surface area contributed by atoms with Crippen molar-refractivity contribution in [3.8, 4) is 0 Å². The van der Waals surface area contributed by atoms with Crippen molar-refractivity contribution < 1.29 is 5.11 Å². The molecule has 1 heteroatoms. The Morgan fingerprint density at radius 3 is 3.00 bits per heavy atom. The van der Waals surface area contributed by atoms with E-state index in [4.69, 9.17) is 5.11 Å². The van der Waals surface area contributed by atoms with E-state index in [0.717, 1.165) is 18.4 Å². The Hall–Kier alpha value is -1.00. The molecule has 0 amide bonds. The molecule has 0 heterocycles. The highest BCUT2D eigenvalue weighted by molar-refractivity contribution is 5.25. The van der Waals surface area contributed by atoms with Crippen molar-refractivity contribution in [2.45, 2.75) is 12.8 Å². The molecule has 0 saturated heterocycles. The molecule has 0 bridgehead atoms. The fourth-order valence-corrected chi connectivity index (χ4v) is 0.804.